The highest BCUT2D eigenvalue weighted by Crippen LogP contribution is 2.34. The van der Waals surface area contributed by atoms with Crippen molar-refractivity contribution in [1.29, 1.82) is 0 Å². The Morgan fingerprint density at radius 2 is 2.08 bits per heavy atom. The molecule has 1 aliphatic heterocycles. The third kappa shape index (κ3) is 4.37. The average Bonchev–Trinajstić information content (AvgIpc) is 2.88. The number of hydrogen-bond acceptors (Lipinski definition) is 4. The van der Waals surface area contributed by atoms with Gasteiger partial charge in [0.25, 0.3) is 0 Å². The number of thioether (sulfide) groups is 1. The summed E-state index contributed by atoms with van der Waals surface area (Å²) in [5.74, 6) is 0.125. The molecule has 1 fully saturated rings. The zero-order valence-corrected chi connectivity index (χ0v) is 15.0. The number of rotatable bonds is 3. The summed E-state index contributed by atoms with van der Waals surface area (Å²) in [6, 6.07) is 8.41. The van der Waals surface area contributed by atoms with Crippen LogP contribution in [0, 0.1) is 6.92 Å². The molecule has 0 bridgehead atoms. The van der Waals surface area contributed by atoms with E-state index in [1.807, 2.05) is 13.0 Å². The minimum atomic E-state index is -4.46. The predicted molar refractivity (Wildman–Crippen MR) is 95.7 cm³/mol. The molecule has 26 heavy (non-hydrogen) atoms. The molecule has 1 aromatic heterocycles. The van der Waals surface area contributed by atoms with Gasteiger partial charge in [-0.3, -0.25) is 4.79 Å². The van der Waals surface area contributed by atoms with Crippen LogP contribution in [0.15, 0.2) is 41.4 Å². The number of aliphatic imine (C=N–C) groups is 1. The largest absolute Gasteiger partial charge is 0.416 e. The maximum Gasteiger partial charge on any atom is 0.416 e. The molecular weight excluding hydrogens is 387 g/mol. The maximum absolute atomic E-state index is 12.9. The van der Waals surface area contributed by atoms with E-state index in [1.54, 1.807) is 12.1 Å². The van der Waals surface area contributed by atoms with Gasteiger partial charge in [0.2, 0.25) is 5.91 Å². The molecule has 136 valence electrons. The molecule has 1 unspecified atom stereocenters. The van der Waals surface area contributed by atoms with Crippen LogP contribution in [0.2, 0.25) is 5.02 Å². The van der Waals surface area contributed by atoms with E-state index in [9.17, 15) is 18.0 Å². The molecule has 1 N–H and O–H groups in total. The zero-order valence-electron chi connectivity index (χ0n) is 13.5. The van der Waals surface area contributed by atoms with Crippen molar-refractivity contribution in [1.82, 2.24) is 10.3 Å². The lowest BCUT2D eigenvalue weighted by molar-refractivity contribution is -0.137. The molecule has 1 saturated heterocycles. The molecule has 1 atom stereocenters. The van der Waals surface area contributed by atoms with E-state index in [-0.39, 0.29) is 22.9 Å². The number of aryl methyl sites for hydroxylation is 1. The third-order valence-electron chi connectivity index (χ3n) is 3.64. The van der Waals surface area contributed by atoms with Crippen molar-refractivity contribution in [3.8, 4) is 0 Å². The topological polar surface area (TPSA) is 54.4 Å². The number of carbonyl (C=O) groups is 1. The minimum absolute atomic E-state index is 0.0690. The molecule has 2 aromatic rings. The van der Waals surface area contributed by atoms with Crippen molar-refractivity contribution >= 4 is 40.3 Å². The average molecular weight is 400 g/mol. The molecule has 1 aromatic carbocycles. The number of carbonyl (C=O) groups excluding carboxylic acids is 1. The molecule has 4 nitrogen and oxygen atoms in total. The summed E-state index contributed by atoms with van der Waals surface area (Å²) in [4.78, 5) is 20.6. The number of nitrogens with zero attached hydrogens (tertiary/aromatic N) is 2. The summed E-state index contributed by atoms with van der Waals surface area (Å²) < 4.78 is 38.6. The van der Waals surface area contributed by atoms with Gasteiger partial charge < -0.3 is 5.32 Å². The van der Waals surface area contributed by atoms with Gasteiger partial charge in [-0.25, -0.2) is 9.98 Å². The first-order valence-corrected chi connectivity index (χ1v) is 8.83. The Balaban J connectivity index is 1.78. The van der Waals surface area contributed by atoms with Crippen LogP contribution >= 0.6 is 23.4 Å². The number of pyridine rings is 1. The first-order chi connectivity index (χ1) is 12.2. The normalized spacial score (nSPS) is 19.0. The second-order valence-corrected chi connectivity index (χ2v) is 7.26. The van der Waals surface area contributed by atoms with Crippen molar-refractivity contribution in [2.24, 2.45) is 4.99 Å². The van der Waals surface area contributed by atoms with Gasteiger partial charge in [0.15, 0.2) is 11.0 Å². The summed E-state index contributed by atoms with van der Waals surface area (Å²) in [6.07, 6.45) is -4.40. The van der Waals surface area contributed by atoms with Gasteiger partial charge in [-0.05, 0) is 49.2 Å². The van der Waals surface area contributed by atoms with Gasteiger partial charge in [0.1, 0.15) is 0 Å². The molecule has 0 saturated carbocycles. The van der Waals surface area contributed by atoms with Crippen molar-refractivity contribution in [3.05, 3.63) is 58.2 Å². The second kappa shape index (κ2) is 7.28. The SMILES string of the molecule is Cc1cccc(/N=C2/NC(=O)C(Cc3cc(C(F)(F)F)ccc3Cl)S2)n1. The zero-order chi connectivity index (χ0) is 18.9. The fourth-order valence-electron chi connectivity index (χ4n) is 2.39. The van der Waals surface area contributed by atoms with Gasteiger partial charge >= 0.3 is 6.18 Å². The molecule has 1 amide bonds. The highest BCUT2D eigenvalue weighted by molar-refractivity contribution is 8.15. The number of aromatic nitrogens is 1. The van der Waals surface area contributed by atoms with Crippen LogP contribution < -0.4 is 5.32 Å². The number of amidine groups is 1. The van der Waals surface area contributed by atoms with E-state index >= 15 is 0 Å². The van der Waals surface area contributed by atoms with Crippen molar-refractivity contribution in [2.45, 2.75) is 24.8 Å². The number of hydrogen-bond donors (Lipinski definition) is 1. The Kier molecular flexibility index (Phi) is 5.24. The number of halogens is 4. The van der Waals surface area contributed by atoms with Gasteiger partial charge in [-0.15, -0.1) is 0 Å². The number of benzene rings is 1. The number of nitrogens with one attached hydrogen (secondary N) is 1. The lowest BCUT2D eigenvalue weighted by atomic mass is 10.1. The Hall–Kier alpha value is -2.06. The summed E-state index contributed by atoms with van der Waals surface area (Å²) in [5, 5.41) is 2.57. The minimum Gasteiger partial charge on any atom is -0.304 e. The smallest absolute Gasteiger partial charge is 0.304 e. The van der Waals surface area contributed by atoms with Gasteiger partial charge in [-0.2, -0.15) is 13.2 Å². The lowest BCUT2D eigenvalue weighted by Gasteiger charge is -2.12. The van der Waals surface area contributed by atoms with E-state index in [2.05, 4.69) is 15.3 Å². The Morgan fingerprint density at radius 1 is 1.31 bits per heavy atom. The van der Waals surface area contributed by atoms with Gasteiger partial charge in [-0.1, -0.05) is 29.4 Å². The molecule has 1 aliphatic rings. The number of alkyl halides is 3. The number of amides is 1. The van der Waals surface area contributed by atoms with Crippen molar-refractivity contribution in [2.75, 3.05) is 0 Å². The van der Waals surface area contributed by atoms with Crippen LogP contribution in [0.25, 0.3) is 0 Å². The first kappa shape index (κ1) is 18.7. The fourth-order valence-corrected chi connectivity index (χ4v) is 3.59. The molecule has 3 rings (SSSR count). The third-order valence-corrected chi connectivity index (χ3v) is 5.10. The van der Waals surface area contributed by atoms with E-state index in [0.717, 1.165) is 29.6 Å². The lowest BCUT2D eigenvalue weighted by Crippen LogP contribution is -2.26. The monoisotopic (exact) mass is 399 g/mol. The molecule has 0 spiro atoms. The molecule has 0 radical (unpaired) electrons. The summed E-state index contributed by atoms with van der Waals surface area (Å²) >= 11 is 7.15. The quantitative estimate of drug-likeness (QED) is 0.825. The van der Waals surface area contributed by atoms with Crippen LogP contribution in [0.3, 0.4) is 0 Å². The predicted octanol–water partition coefficient (Wildman–Crippen LogP) is 4.52. The second-order valence-electron chi connectivity index (χ2n) is 5.66. The van der Waals surface area contributed by atoms with Crippen LogP contribution in [0.1, 0.15) is 16.8 Å². The van der Waals surface area contributed by atoms with Gasteiger partial charge in [0, 0.05) is 10.7 Å². The van der Waals surface area contributed by atoms with Gasteiger partial charge in [0.05, 0.1) is 10.8 Å². The van der Waals surface area contributed by atoms with Crippen LogP contribution in [0.4, 0.5) is 19.0 Å². The Morgan fingerprint density at radius 3 is 2.77 bits per heavy atom. The van der Waals surface area contributed by atoms with E-state index in [4.69, 9.17) is 11.6 Å². The summed E-state index contributed by atoms with van der Waals surface area (Å²) in [7, 11) is 0. The summed E-state index contributed by atoms with van der Waals surface area (Å²) in [6.45, 7) is 1.82. The highest BCUT2D eigenvalue weighted by Gasteiger charge is 2.34. The first-order valence-electron chi connectivity index (χ1n) is 7.58. The van der Waals surface area contributed by atoms with Crippen LogP contribution in [-0.2, 0) is 17.4 Å². The van der Waals surface area contributed by atoms with E-state index < -0.39 is 17.0 Å². The van der Waals surface area contributed by atoms with Crippen LogP contribution in [0.5, 0.6) is 0 Å². The molecular formula is C17H13ClF3N3OS. The van der Waals surface area contributed by atoms with Crippen molar-refractivity contribution in [3.63, 3.8) is 0 Å². The summed E-state index contributed by atoms with van der Waals surface area (Å²) in [5.41, 5.74) is 0.260. The molecule has 0 aliphatic carbocycles. The van der Waals surface area contributed by atoms with Crippen molar-refractivity contribution < 1.29 is 18.0 Å². The fraction of sp³-hybridized carbons (Fsp3) is 0.235. The maximum atomic E-state index is 12.9. The standard InChI is InChI=1S/C17H13ClF3N3OS/c1-9-3-2-4-14(22-9)23-16-24-15(25)13(26-16)8-10-7-11(17(19,20)21)5-6-12(10)18/h2-7,13H,8H2,1H3,(H,22,23,24,25). The highest BCUT2D eigenvalue weighted by atomic mass is 35.5. The van der Waals surface area contributed by atoms with E-state index in [1.165, 1.54) is 6.07 Å². The molecule has 9 heteroatoms. The Labute approximate surface area is 156 Å². The van der Waals surface area contributed by atoms with Crippen LogP contribution in [-0.4, -0.2) is 21.3 Å². The van der Waals surface area contributed by atoms with E-state index in [0.29, 0.717) is 11.0 Å². The Bertz CT molecular complexity index is 886. The molecule has 2 heterocycles.